The average molecular weight is 812 g/mol. The van der Waals surface area contributed by atoms with E-state index in [2.05, 4.69) is 86.2 Å². The first-order valence-corrected chi connectivity index (χ1v) is 20.5. The highest BCUT2D eigenvalue weighted by atomic mass is 16.5. The van der Waals surface area contributed by atoms with Crippen molar-refractivity contribution in [2.24, 2.45) is 11.8 Å². The lowest BCUT2D eigenvalue weighted by molar-refractivity contribution is -0.138. The predicted octanol–water partition coefficient (Wildman–Crippen LogP) is 7.02. The Hall–Kier alpha value is -6.69. The standard InChI is InChI=1S/C45H49N9O6/c1-25(2)38(52-45(58)60-4)43(56)53-19-5-6-37(53)40-47-23-35(49-40)27-9-7-26(8-10-27)28-11-12-30-21-31(14-13-29(30)20-28)36-24-48-41(50-36)39-32-15-16-33(22-32)54(39)42(55)34(17-18-46)51-44(57)59-3/h7-14,20-21,23-25,32-34,37-39H,5-6,15-17,19,22H2,1-4H3,(H,47,49)(H,48,50)(H,51,57)(H,52,58). The second-order valence-electron chi connectivity index (χ2n) is 16.2. The van der Waals surface area contributed by atoms with Crippen LogP contribution in [0.5, 0.6) is 0 Å². The first kappa shape index (κ1) is 40.1. The summed E-state index contributed by atoms with van der Waals surface area (Å²) in [6.45, 7) is 4.39. The van der Waals surface area contributed by atoms with Gasteiger partial charge in [0, 0.05) is 18.2 Å². The highest BCUT2D eigenvalue weighted by molar-refractivity contribution is 5.91. The molecular weight excluding hydrogens is 763 g/mol. The van der Waals surface area contributed by atoms with Crippen LogP contribution < -0.4 is 10.6 Å². The highest BCUT2D eigenvalue weighted by Crippen LogP contribution is 2.50. The Morgan fingerprint density at radius 3 is 2.12 bits per heavy atom. The molecule has 8 rings (SSSR count). The van der Waals surface area contributed by atoms with Crippen LogP contribution >= 0.6 is 0 Å². The molecule has 6 unspecified atom stereocenters. The van der Waals surface area contributed by atoms with Gasteiger partial charge in [0.15, 0.2) is 0 Å². The number of ether oxygens (including phenoxy) is 2. The molecule has 2 bridgehead atoms. The van der Waals surface area contributed by atoms with Crippen LogP contribution in [0.3, 0.4) is 0 Å². The number of rotatable bonds is 11. The third kappa shape index (κ3) is 7.77. The molecule has 60 heavy (non-hydrogen) atoms. The van der Waals surface area contributed by atoms with E-state index in [4.69, 9.17) is 14.5 Å². The van der Waals surface area contributed by atoms with Gasteiger partial charge in [-0.3, -0.25) is 9.59 Å². The molecule has 15 nitrogen and oxygen atoms in total. The van der Waals surface area contributed by atoms with Crippen LogP contribution in [-0.4, -0.2) is 92.6 Å². The van der Waals surface area contributed by atoms with Crippen LogP contribution in [0, 0.1) is 23.2 Å². The van der Waals surface area contributed by atoms with E-state index < -0.39 is 24.3 Å². The second kappa shape index (κ2) is 16.9. The minimum atomic E-state index is -0.997. The largest absolute Gasteiger partial charge is 0.453 e. The maximum atomic E-state index is 13.8. The molecule has 310 valence electrons. The van der Waals surface area contributed by atoms with Gasteiger partial charge in [-0.15, -0.1) is 0 Å². The van der Waals surface area contributed by atoms with Crippen LogP contribution in [0.25, 0.3) is 44.4 Å². The molecule has 0 radical (unpaired) electrons. The number of likely N-dealkylation sites (tertiary alicyclic amines) is 2. The lowest BCUT2D eigenvalue weighted by Crippen LogP contribution is -2.51. The zero-order chi connectivity index (χ0) is 42.1. The molecule has 3 fully saturated rings. The van der Waals surface area contributed by atoms with Gasteiger partial charge in [-0.1, -0.05) is 62.4 Å². The van der Waals surface area contributed by atoms with Gasteiger partial charge in [0.2, 0.25) is 11.8 Å². The summed E-state index contributed by atoms with van der Waals surface area (Å²) in [6, 6.07) is 20.8. The van der Waals surface area contributed by atoms with Crippen molar-refractivity contribution < 1.29 is 28.7 Å². The number of hydrogen-bond acceptors (Lipinski definition) is 9. The summed E-state index contributed by atoms with van der Waals surface area (Å²) in [5.74, 6) is 1.11. The number of alkyl carbamates (subject to hydrolysis) is 2. The van der Waals surface area contributed by atoms with E-state index in [-0.39, 0.29) is 48.2 Å². The molecule has 4 heterocycles. The summed E-state index contributed by atoms with van der Waals surface area (Å²) < 4.78 is 9.48. The van der Waals surface area contributed by atoms with Gasteiger partial charge >= 0.3 is 12.2 Å². The predicted molar refractivity (Wildman–Crippen MR) is 223 cm³/mol. The second-order valence-corrected chi connectivity index (χ2v) is 16.2. The SMILES string of the molecule is COC(=O)NC(CC#N)C(=O)N1C2CCC(C2)C1c1ncc(-c2ccc3cc(-c4ccc(-c5cnc(C6CCCN6C(=O)C(NC(=O)OC)C(C)C)[nH]5)cc4)ccc3c2)[nH]1. The number of H-pyrrole nitrogens is 2. The molecule has 2 aromatic heterocycles. The Morgan fingerprint density at radius 1 is 0.800 bits per heavy atom. The van der Waals surface area contributed by atoms with Crippen LogP contribution in [0.15, 0.2) is 73.1 Å². The number of hydrogen-bond donors (Lipinski definition) is 4. The van der Waals surface area contributed by atoms with Crippen LogP contribution in [0.1, 0.15) is 76.1 Å². The topological polar surface area (TPSA) is 198 Å². The van der Waals surface area contributed by atoms with Crippen molar-refractivity contribution in [3.8, 4) is 39.7 Å². The summed E-state index contributed by atoms with van der Waals surface area (Å²) >= 11 is 0. The minimum Gasteiger partial charge on any atom is -0.453 e. The number of benzene rings is 3. The molecule has 5 aromatic rings. The number of carbonyl (C=O) groups is 4. The number of aromatic amines is 2. The Balaban J connectivity index is 0.954. The highest BCUT2D eigenvalue weighted by Gasteiger charge is 2.51. The number of fused-ring (bicyclic) bond motifs is 3. The zero-order valence-electron chi connectivity index (χ0n) is 34.1. The molecule has 2 aliphatic heterocycles. The van der Waals surface area contributed by atoms with E-state index in [1.54, 1.807) is 12.4 Å². The molecule has 15 heteroatoms. The molecule has 4 N–H and O–H groups in total. The van der Waals surface area contributed by atoms with Crippen molar-refractivity contribution >= 4 is 34.8 Å². The van der Waals surface area contributed by atoms with Crippen molar-refractivity contribution in [2.75, 3.05) is 20.8 Å². The molecule has 3 aromatic carbocycles. The average Bonchev–Trinajstić information content (AvgIpc) is 4.13. The molecule has 1 saturated carbocycles. The Labute approximate surface area is 347 Å². The quantitative estimate of drug-likeness (QED) is 0.108. The molecule has 0 spiro atoms. The third-order valence-electron chi connectivity index (χ3n) is 12.3. The lowest BCUT2D eigenvalue weighted by Gasteiger charge is -2.36. The zero-order valence-corrected chi connectivity index (χ0v) is 34.1. The molecular formula is C45H49N9O6. The van der Waals surface area contributed by atoms with Gasteiger partial charge in [-0.2, -0.15) is 5.26 Å². The van der Waals surface area contributed by atoms with E-state index >= 15 is 0 Å². The number of piperidine rings is 1. The smallest absolute Gasteiger partial charge is 0.407 e. The van der Waals surface area contributed by atoms with Gasteiger partial charge < -0.3 is 39.9 Å². The van der Waals surface area contributed by atoms with Gasteiger partial charge in [0.1, 0.15) is 23.7 Å². The van der Waals surface area contributed by atoms with Gasteiger partial charge in [0.25, 0.3) is 0 Å². The number of imidazole rings is 2. The fourth-order valence-electron chi connectivity index (χ4n) is 9.24. The number of carbonyl (C=O) groups excluding carboxylic acids is 4. The fraction of sp³-hybridized carbons (Fsp3) is 0.400. The number of aromatic nitrogens is 4. The van der Waals surface area contributed by atoms with Crippen LogP contribution in [0.2, 0.25) is 0 Å². The van der Waals surface area contributed by atoms with E-state index in [0.717, 1.165) is 82.3 Å². The summed E-state index contributed by atoms with van der Waals surface area (Å²) in [7, 11) is 2.52. The van der Waals surface area contributed by atoms with Gasteiger partial charge in [0.05, 0.1) is 62.6 Å². The fourth-order valence-corrected chi connectivity index (χ4v) is 9.24. The lowest BCUT2D eigenvalue weighted by atomic mass is 9.97. The molecule has 1 aliphatic carbocycles. The van der Waals surface area contributed by atoms with Crippen molar-refractivity contribution in [2.45, 2.75) is 82.6 Å². The van der Waals surface area contributed by atoms with Gasteiger partial charge in [-0.25, -0.2) is 19.6 Å². The summed E-state index contributed by atoms with van der Waals surface area (Å²) in [5, 5.41) is 16.8. The number of nitrogens with one attached hydrogen (secondary N) is 4. The van der Waals surface area contributed by atoms with E-state index in [1.165, 1.54) is 14.2 Å². The Kier molecular flexibility index (Phi) is 11.3. The maximum absolute atomic E-state index is 13.8. The normalized spacial score (nSPS) is 20.5. The summed E-state index contributed by atoms with van der Waals surface area (Å²) in [6.07, 6.45) is 6.42. The van der Waals surface area contributed by atoms with Crippen molar-refractivity contribution in [1.82, 2.24) is 40.4 Å². The Bertz CT molecular complexity index is 2450. The first-order chi connectivity index (χ1) is 29.1. The van der Waals surface area contributed by atoms with Crippen molar-refractivity contribution in [1.29, 1.82) is 5.26 Å². The van der Waals surface area contributed by atoms with Crippen molar-refractivity contribution in [3.63, 3.8) is 0 Å². The van der Waals surface area contributed by atoms with E-state index in [9.17, 15) is 24.4 Å². The molecule has 4 amide bonds. The Morgan fingerprint density at radius 2 is 1.42 bits per heavy atom. The molecule has 2 saturated heterocycles. The van der Waals surface area contributed by atoms with Crippen LogP contribution in [-0.2, 0) is 19.1 Å². The molecule has 3 aliphatic rings. The summed E-state index contributed by atoms with van der Waals surface area (Å²) in [4.78, 5) is 71.3. The minimum absolute atomic E-state index is 0.0283. The van der Waals surface area contributed by atoms with Gasteiger partial charge in [-0.05, 0) is 83.5 Å². The van der Waals surface area contributed by atoms with E-state index in [1.807, 2.05) is 29.7 Å². The number of nitrogens with zero attached hydrogens (tertiary/aromatic N) is 5. The summed E-state index contributed by atoms with van der Waals surface area (Å²) in [5.41, 5.74) is 5.78. The maximum Gasteiger partial charge on any atom is 0.407 e. The third-order valence-corrected chi connectivity index (χ3v) is 12.3. The van der Waals surface area contributed by atoms with E-state index in [0.29, 0.717) is 12.4 Å². The first-order valence-electron chi connectivity index (χ1n) is 20.5. The van der Waals surface area contributed by atoms with Crippen LogP contribution in [0.4, 0.5) is 9.59 Å². The number of amides is 4. The monoisotopic (exact) mass is 811 g/mol. The van der Waals surface area contributed by atoms with Crippen molar-refractivity contribution in [3.05, 3.63) is 84.7 Å². The molecule has 6 atom stereocenters. The number of methoxy groups -OCH3 is 2. The number of nitriles is 1.